The molecule has 0 saturated heterocycles. The maximum atomic E-state index is 12.5. The van der Waals surface area contributed by atoms with Crippen LogP contribution in [0.25, 0.3) is 0 Å². The van der Waals surface area contributed by atoms with Crippen LogP contribution in [0.4, 0.5) is 0 Å². The van der Waals surface area contributed by atoms with Crippen LogP contribution in [0, 0.1) is 0 Å². The highest BCUT2D eigenvalue weighted by Crippen LogP contribution is 2.18. The van der Waals surface area contributed by atoms with E-state index in [1.54, 1.807) is 0 Å². The Kier molecular flexibility index (Phi) is 49.2. The van der Waals surface area contributed by atoms with Crippen LogP contribution in [-0.2, 0) is 4.79 Å². The highest BCUT2D eigenvalue weighted by molar-refractivity contribution is 5.76. The minimum Gasteiger partial charge on any atom is -0.394 e. The topological polar surface area (TPSA) is 69.6 Å². The van der Waals surface area contributed by atoms with E-state index >= 15 is 0 Å². The van der Waals surface area contributed by atoms with Crippen molar-refractivity contribution >= 4 is 5.91 Å². The molecule has 0 unspecified atom stereocenters. The van der Waals surface area contributed by atoms with Crippen LogP contribution in [-0.4, -0.2) is 34.9 Å². The Labute approximate surface area is 359 Å². The van der Waals surface area contributed by atoms with Gasteiger partial charge >= 0.3 is 0 Å². The number of nitrogens with one attached hydrogen (secondary N) is 1. The van der Waals surface area contributed by atoms with Gasteiger partial charge in [0.2, 0.25) is 5.91 Å². The van der Waals surface area contributed by atoms with Crippen molar-refractivity contribution < 1.29 is 15.0 Å². The van der Waals surface area contributed by atoms with Gasteiger partial charge in [-0.3, -0.25) is 4.79 Å². The minimum atomic E-state index is -0.653. The summed E-state index contributed by atoms with van der Waals surface area (Å²) in [5, 5.41) is 23.3. The third-order valence-corrected chi connectivity index (χ3v) is 12.9. The van der Waals surface area contributed by atoms with Crippen LogP contribution in [0.15, 0.2) is 0 Å². The molecule has 0 aromatic rings. The molecular weight excluding hydrogens is 699 g/mol. The third kappa shape index (κ3) is 46.3. The summed E-state index contributed by atoms with van der Waals surface area (Å²) in [4.78, 5) is 12.5. The van der Waals surface area contributed by atoms with Gasteiger partial charge in [-0.1, -0.05) is 296 Å². The van der Waals surface area contributed by atoms with Gasteiger partial charge in [0.1, 0.15) is 0 Å². The average molecular weight is 806 g/mol. The molecule has 0 aromatic carbocycles. The molecule has 4 nitrogen and oxygen atoms in total. The number of aliphatic hydroxyl groups excluding tert-OH is 2. The Balaban J connectivity index is 3.37. The first-order chi connectivity index (χ1) is 28.2. The van der Waals surface area contributed by atoms with Crippen LogP contribution in [0.1, 0.15) is 316 Å². The van der Waals surface area contributed by atoms with Gasteiger partial charge < -0.3 is 15.5 Å². The molecular formula is C53H107NO3. The molecule has 1 amide bonds. The smallest absolute Gasteiger partial charge is 0.220 e. The van der Waals surface area contributed by atoms with Crippen molar-refractivity contribution in [2.24, 2.45) is 0 Å². The predicted molar refractivity (Wildman–Crippen MR) is 253 cm³/mol. The number of hydrogen-bond donors (Lipinski definition) is 3. The summed E-state index contributed by atoms with van der Waals surface area (Å²) in [7, 11) is 0. The van der Waals surface area contributed by atoms with Crippen molar-refractivity contribution in [2.45, 2.75) is 328 Å². The van der Waals surface area contributed by atoms with Gasteiger partial charge in [-0.25, -0.2) is 0 Å². The Hall–Kier alpha value is -0.610. The van der Waals surface area contributed by atoms with Gasteiger partial charge in [0, 0.05) is 6.42 Å². The van der Waals surface area contributed by atoms with Gasteiger partial charge in [-0.2, -0.15) is 0 Å². The van der Waals surface area contributed by atoms with E-state index in [9.17, 15) is 15.0 Å². The lowest BCUT2D eigenvalue weighted by Crippen LogP contribution is -2.45. The second-order valence-electron chi connectivity index (χ2n) is 18.7. The average Bonchev–Trinajstić information content (AvgIpc) is 3.22. The van der Waals surface area contributed by atoms with Crippen LogP contribution < -0.4 is 5.32 Å². The molecule has 0 bridgehead atoms. The van der Waals surface area contributed by atoms with Crippen molar-refractivity contribution in [3.8, 4) is 0 Å². The number of rotatable bonds is 50. The van der Waals surface area contributed by atoms with Gasteiger partial charge in [0.15, 0.2) is 0 Å². The molecule has 0 aliphatic carbocycles. The highest BCUT2D eigenvalue weighted by Gasteiger charge is 2.20. The molecule has 0 aromatic heterocycles. The van der Waals surface area contributed by atoms with E-state index in [-0.39, 0.29) is 12.5 Å². The van der Waals surface area contributed by atoms with Gasteiger partial charge in [-0.05, 0) is 12.8 Å². The lowest BCUT2D eigenvalue weighted by molar-refractivity contribution is -0.123. The number of carbonyl (C=O) groups excluding carboxylic acids is 1. The first-order valence-electron chi connectivity index (χ1n) is 26.7. The zero-order valence-corrected chi connectivity index (χ0v) is 39.4. The van der Waals surface area contributed by atoms with Crippen LogP contribution >= 0.6 is 0 Å². The summed E-state index contributed by atoms with van der Waals surface area (Å²) in [5.74, 6) is -0.0233. The van der Waals surface area contributed by atoms with Crippen molar-refractivity contribution in [1.29, 1.82) is 0 Å². The summed E-state index contributed by atoms with van der Waals surface area (Å²) >= 11 is 0. The summed E-state index contributed by atoms with van der Waals surface area (Å²) in [5.41, 5.74) is 0. The predicted octanol–water partition coefficient (Wildman–Crippen LogP) is 17.2. The Bertz CT molecular complexity index is 744. The maximum absolute atomic E-state index is 12.5. The first-order valence-corrected chi connectivity index (χ1v) is 26.7. The lowest BCUT2D eigenvalue weighted by Gasteiger charge is -2.22. The van der Waals surface area contributed by atoms with Crippen molar-refractivity contribution in [1.82, 2.24) is 5.32 Å². The molecule has 0 heterocycles. The Morgan fingerprint density at radius 2 is 0.561 bits per heavy atom. The molecule has 2 atom stereocenters. The maximum Gasteiger partial charge on any atom is 0.220 e. The third-order valence-electron chi connectivity index (χ3n) is 12.9. The fraction of sp³-hybridized carbons (Fsp3) is 0.981. The van der Waals surface area contributed by atoms with Gasteiger partial charge in [0.05, 0.1) is 18.8 Å². The summed E-state index contributed by atoms with van der Waals surface area (Å²) in [6.07, 6.45) is 62.3. The number of carbonyl (C=O) groups is 1. The zero-order chi connectivity index (χ0) is 41.4. The summed E-state index contributed by atoms with van der Waals surface area (Å²) < 4.78 is 0. The fourth-order valence-corrected chi connectivity index (χ4v) is 8.78. The van der Waals surface area contributed by atoms with Crippen molar-refractivity contribution in [2.75, 3.05) is 6.61 Å². The minimum absolute atomic E-state index is 0.0233. The fourth-order valence-electron chi connectivity index (χ4n) is 8.78. The van der Waals surface area contributed by atoms with E-state index in [2.05, 4.69) is 19.2 Å². The normalized spacial score (nSPS) is 12.7. The van der Waals surface area contributed by atoms with Crippen LogP contribution in [0.2, 0.25) is 0 Å². The van der Waals surface area contributed by atoms with Gasteiger partial charge in [0.25, 0.3) is 0 Å². The zero-order valence-electron chi connectivity index (χ0n) is 39.4. The summed E-state index contributed by atoms with van der Waals surface area (Å²) in [6, 6.07) is -0.530. The number of unbranched alkanes of at least 4 members (excludes halogenated alkanes) is 43. The number of aliphatic hydroxyl groups is 2. The van der Waals surface area contributed by atoms with Crippen LogP contribution in [0.3, 0.4) is 0 Å². The molecule has 342 valence electrons. The lowest BCUT2D eigenvalue weighted by atomic mass is 10.0. The Morgan fingerprint density at radius 3 is 0.789 bits per heavy atom. The highest BCUT2D eigenvalue weighted by atomic mass is 16.3. The van der Waals surface area contributed by atoms with Crippen LogP contribution in [0.5, 0.6) is 0 Å². The van der Waals surface area contributed by atoms with E-state index < -0.39 is 12.1 Å². The second kappa shape index (κ2) is 49.8. The molecule has 0 radical (unpaired) electrons. The van der Waals surface area contributed by atoms with E-state index in [4.69, 9.17) is 0 Å². The molecule has 0 spiro atoms. The molecule has 0 rings (SSSR count). The summed E-state index contributed by atoms with van der Waals surface area (Å²) in [6.45, 7) is 4.39. The number of amides is 1. The molecule has 57 heavy (non-hydrogen) atoms. The first kappa shape index (κ1) is 56.4. The molecule has 4 heteroatoms. The Morgan fingerprint density at radius 1 is 0.351 bits per heavy atom. The molecule has 3 N–H and O–H groups in total. The quantitative estimate of drug-likeness (QED) is 0.0536. The van der Waals surface area contributed by atoms with Gasteiger partial charge in [-0.15, -0.1) is 0 Å². The van der Waals surface area contributed by atoms with E-state index in [0.717, 1.165) is 25.7 Å². The SMILES string of the molecule is CCCCCCCCCCCCCCCCCCCCCCCCCCCCCCCCC(=O)N[C@@H](CO)[C@H](O)CCCCCCCCCCCCCCCCC. The second-order valence-corrected chi connectivity index (χ2v) is 18.7. The standard InChI is InChI=1S/C53H107NO3/c1-3-5-7-9-11-13-15-17-19-20-21-22-23-24-25-26-27-28-29-30-31-32-33-35-37-39-41-43-45-47-49-53(57)54-51(50-55)52(56)48-46-44-42-40-38-36-34-18-16-14-12-10-8-6-4-2/h51-52,55-56H,3-50H2,1-2H3,(H,54,57)/t51-,52+/m0/s1. The van der Waals surface area contributed by atoms with E-state index in [1.165, 1.54) is 263 Å². The molecule has 0 aliphatic rings. The molecule has 0 saturated carbocycles. The van der Waals surface area contributed by atoms with E-state index in [0.29, 0.717) is 12.8 Å². The van der Waals surface area contributed by atoms with E-state index in [1.807, 2.05) is 0 Å². The van der Waals surface area contributed by atoms with Crippen molar-refractivity contribution in [3.05, 3.63) is 0 Å². The number of hydrogen-bond acceptors (Lipinski definition) is 3. The molecule has 0 fully saturated rings. The monoisotopic (exact) mass is 806 g/mol. The molecule has 0 aliphatic heterocycles. The van der Waals surface area contributed by atoms with Crippen molar-refractivity contribution in [3.63, 3.8) is 0 Å². The largest absolute Gasteiger partial charge is 0.394 e.